The molecule has 2 saturated heterocycles. The van der Waals surface area contributed by atoms with Crippen LogP contribution in [0.5, 0.6) is 0 Å². The molecule has 3 aromatic rings. The summed E-state index contributed by atoms with van der Waals surface area (Å²) < 4.78 is 13.7. The van der Waals surface area contributed by atoms with E-state index < -0.39 is 0 Å². The minimum atomic E-state index is -0.135. The first kappa shape index (κ1) is 22.6. The van der Waals surface area contributed by atoms with Gasteiger partial charge in [-0.3, -0.25) is 4.79 Å². The Morgan fingerprint density at radius 3 is 2.85 bits per heavy atom. The highest BCUT2D eigenvalue weighted by molar-refractivity contribution is 5.97. The number of imidazole rings is 1. The van der Waals surface area contributed by atoms with Crippen molar-refractivity contribution in [2.75, 3.05) is 31.8 Å². The topological polar surface area (TPSA) is 81.5 Å². The van der Waals surface area contributed by atoms with Gasteiger partial charge in [0.2, 0.25) is 0 Å². The van der Waals surface area contributed by atoms with Crippen molar-refractivity contribution in [3.8, 4) is 11.4 Å². The summed E-state index contributed by atoms with van der Waals surface area (Å²) in [5, 5.41) is 2.68. The Morgan fingerprint density at radius 2 is 2.15 bits per heavy atom. The van der Waals surface area contributed by atoms with E-state index in [0.717, 1.165) is 41.1 Å². The lowest BCUT2D eigenvalue weighted by Crippen LogP contribution is -2.33. The molecule has 0 bridgehead atoms. The number of carbonyl (C=O) groups is 1. The zero-order valence-corrected chi connectivity index (χ0v) is 19.7. The van der Waals surface area contributed by atoms with E-state index in [-0.39, 0.29) is 12.0 Å². The number of nitrogens with zero attached hydrogens (tertiary/aromatic N) is 4. The zero-order valence-electron chi connectivity index (χ0n) is 19.7. The maximum absolute atomic E-state index is 12.2. The predicted molar refractivity (Wildman–Crippen MR) is 132 cm³/mol. The fourth-order valence-electron chi connectivity index (χ4n) is 4.98. The molecule has 0 radical (unpaired) electrons. The molecule has 8 nitrogen and oxygen atoms in total. The highest BCUT2D eigenvalue weighted by atomic mass is 16.6. The number of rotatable bonds is 6. The summed E-state index contributed by atoms with van der Waals surface area (Å²) in [6.07, 6.45) is 6.06. The van der Waals surface area contributed by atoms with Gasteiger partial charge in [0.15, 0.2) is 0 Å². The van der Waals surface area contributed by atoms with Crippen molar-refractivity contribution in [3.05, 3.63) is 54.7 Å². The van der Waals surface area contributed by atoms with Crippen LogP contribution in [-0.4, -0.2) is 65.5 Å². The number of nitrogens with one attached hydrogen (secondary N) is 1. The van der Waals surface area contributed by atoms with Gasteiger partial charge in [-0.1, -0.05) is 6.08 Å². The van der Waals surface area contributed by atoms with Gasteiger partial charge in [0.1, 0.15) is 11.6 Å². The smallest absolute Gasteiger partial charge is 0.251 e. The standard InChI is InChI=1S/C26H31N5O3/c1-4-20-8-5-17(2)31(20)24-10-7-19(14-28-24)25-29-22-13-18(26(32)27-3)6-9-23(22)30(25)15-21-16-33-11-12-34-21/h4,6-7,9-10,13-14,17,20-21H,1,5,8,11-12,15-16H2,2-3H3,(H,27,32)/t17-,20-,21+/m0/s1. The third-order valence-corrected chi connectivity index (χ3v) is 6.76. The fourth-order valence-corrected chi connectivity index (χ4v) is 4.98. The number of anilines is 1. The van der Waals surface area contributed by atoms with Crippen LogP contribution in [-0.2, 0) is 16.0 Å². The first-order valence-corrected chi connectivity index (χ1v) is 11.9. The third-order valence-electron chi connectivity index (χ3n) is 6.76. The number of fused-ring (bicyclic) bond motifs is 1. The van der Waals surface area contributed by atoms with Gasteiger partial charge in [-0.15, -0.1) is 6.58 Å². The van der Waals surface area contributed by atoms with E-state index in [4.69, 9.17) is 19.4 Å². The van der Waals surface area contributed by atoms with Crippen molar-refractivity contribution >= 4 is 22.8 Å². The van der Waals surface area contributed by atoms with Crippen LogP contribution in [0.3, 0.4) is 0 Å². The highest BCUT2D eigenvalue weighted by Crippen LogP contribution is 2.32. The molecule has 4 heterocycles. The Balaban J connectivity index is 1.53. The lowest BCUT2D eigenvalue weighted by atomic mass is 10.2. The molecule has 3 atom stereocenters. The third kappa shape index (κ3) is 4.19. The molecule has 0 unspecified atom stereocenters. The summed E-state index contributed by atoms with van der Waals surface area (Å²) in [4.78, 5) is 24.2. The summed E-state index contributed by atoms with van der Waals surface area (Å²) in [6, 6.07) is 10.5. The van der Waals surface area contributed by atoms with Crippen LogP contribution in [0.15, 0.2) is 49.2 Å². The molecule has 0 aliphatic carbocycles. The largest absolute Gasteiger partial charge is 0.376 e. The molecule has 8 heteroatoms. The molecule has 34 heavy (non-hydrogen) atoms. The summed E-state index contributed by atoms with van der Waals surface area (Å²) in [5.41, 5.74) is 3.20. The van der Waals surface area contributed by atoms with Gasteiger partial charge in [-0.2, -0.15) is 0 Å². The lowest BCUT2D eigenvalue weighted by molar-refractivity contribution is -0.0931. The minimum Gasteiger partial charge on any atom is -0.376 e. The average molecular weight is 462 g/mol. The number of benzene rings is 1. The van der Waals surface area contributed by atoms with Crippen molar-refractivity contribution in [1.82, 2.24) is 19.9 Å². The molecule has 1 N–H and O–H groups in total. The van der Waals surface area contributed by atoms with Gasteiger partial charge in [0, 0.05) is 36.5 Å². The second-order valence-electron chi connectivity index (χ2n) is 8.94. The van der Waals surface area contributed by atoms with Crippen LogP contribution in [0.4, 0.5) is 5.82 Å². The predicted octanol–water partition coefficient (Wildman–Crippen LogP) is 3.42. The van der Waals surface area contributed by atoms with Gasteiger partial charge >= 0.3 is 0 Å². The number of aromatic nitrogens is 3. The van der Waals surface area contributed by atoms with Gasteiger partial charge in [0.05, 0.1) is 43.5 Å². The molecule has 2 aliphatic rings. The van der Waals surface area contributed by atoms with E-state index in [1.807, 2.05) is 30.5 Å². The Bertz CT molecular complexity index is 1180. The molecule has 0 spiro atoms. The summed E-state index contributed by atoms with van der Waals surface area (Å²) in [7, 11) is 1.63. The molecule has 178 valence electrons. The summed E-state index contributed by atoms with van der Waals surface area (Å²) in [6.45, 7) is 8.59. The Labute approximate surface area is 199 Å². The van der Waals surface area contributed by atoms with Crippen LogP contribution < -0.4 is 10.2 Å². The number of pyridine rings is 1. The van der Waals surface area contributed by atoms with Crippen LogP contribution in [0.2, 0.25) is 0 Å². The SMILES string of the molecule is C=C[C@H]1CC[C@H](C)N1c1ccc(-c2nc3cc(C(=O)NC)ccc3n2C[C@@H]2COCCO2)cn1. The quantitative estimate of drug-likeness (QED) is 0.567. The molecular weight excluding hydrogens is 430 g/mol. The molecule has 1 aromatic carbocycles. The minimum absolute atomic E-state index is 0.0606. The zero-order chi connectivity index (χ0) is 23.7. The van der Waals surface area contributed by atoms with Crippen LogP contribution >= 0.6 is 0 Å². The molecular formula is C26H31N5O3. The van der Waals surface area contributed by atoms with Gasteiger partial charge < -0.3 is 24.3 Å². The molecule has 2 fully saturated rings. The van der Waals surface area contributed by atoms with Gasteiger partial charge in [-0.05, 0) is 50.1 Å². The Kier molecular flexibility index (Phi) is 6.34. The summed E-state index contributed by atoms with van der Waals surface area (Å²) in [5.74, 6) is 1.61. The Hall–Kier alpha value is -3.23. The first-order valence-electron chi connectivity index (χ1n) is 11.9. The van der Waals surface area contributed by atoms with Crippen molar-refractivity contribution in [2.45, 2.75) is 44.5 Å². The lowest BCUT2D eigenvalue weighted by Gasteiger charge is -2.28. The number of carbonyl (C=O) groups excluding carboxylic acids is 1. The van der Waals surface area contributed by atoms with Crippen molar-refractivity contribution in [2.24, 2.45) is 0 Å². The summed E-state index contributed by atoms with van der Waals surface area (Å²) >= 11 is 0. The molecule has 1 amide bonds. The van der Waals surface area contributed by atoms with E-state index in [0.29, 0.717) is 44.0 Å². The van der Waals surface area contributed by atoms with Crippen LogP contribution in [0, 0.1) is 0 Å². The second kappa shape index (κ2) is 9.56. The van der Waals surface area contributed by atoms with E-state index in [1.54, 1.807) is 7.05 Å². The first-order chi connectivity index (χ1) is 16.6. The second-order valence-corrected chi connectivity index (χ2v) is 8.94. The molecule has 0 saturated carbocycles. The maximum Gasteiger partial charge on any atom is 0.251 e. The van der Waals surface area contributed by atoms with E-state index in [1.165, 1.54) is 0 Å². The van der Waals surface area contributed by atoms with Crippen LogP contribution in [0.25, 0.3) is 22.4 Å². The number of hydrogen-bond donors (Lipinski definition) is 1. The fraction of sp³-hybridized carbons (Fsp3) is 0.423. The highest BCUT2D eigenvalue weighted by Gasteiger charge is 2.29. The van der Waals surface area contributed by atoms with Crippen molar-refractivity contribution < 1.29 is 14.3 Å². The van der Waals surface area contributed by atoms with E-state index in [9.17, 15) is 4.79 Å². The van der Waals surface area contributed by atoms with Crippen molar-refractivity contribution in [1.29, 1.82) is 0 Å². The number of hydrogen-bond acceptors (Lipinski definition) is 6. The van der Waals surface area contributed by atoms with Crippen LogP contribution in [0.1, 0.15) is 30.1 Å². The maximum atomic E-state index is 12.2. The molecule has 5 rings (SSSR count). The van der Waals surface area contributed by atoms with E-state index >= 15 is 0 Å². The number of amides is 1. The van der Waals surface area contributed by atoms with Crippen molar-refractivity contribution in [3.63, 3.8) is 0 Å². The van der Waals surface area contributed by atoms with Gasteiger partial charge in [0.25, 0.3) is 5.91 Å². The monoisotopic (exact) mass is 461 g/mol. The molecule has 2 aromatic heterocycles. The average Bonchev–Trinajstić information content (AvgIpc) is 3.43. The molecule has 2 aliphatic heterocycles. The van der Waals surface area contributed by atoms with Gasteiger partial charge in [-0.25, -0.2) is 9.97 Å². The van der Waals surface area contributed by atoms with E-state index in [2.05, 4.69) is 40.4 Å². The number of ether oxygens (including phenoxy) is 2. The Morgan fingerprint density at radius 1 is 1.26 bits per heavy atom. The normalized spacial score (nSPS) is 22.8.